The van der Waals surface area contributed by atoms with Gasteiger partial charge >= 0.3 is 6.18 Å². The van der Waals surface area contributed by atoms with Crippen molar-refractivity contribution in [2.24, 2.45) is 4.99 Å². The maximum Gasteiger partial charge on any atom is 0.390 e. The lowest BCUT2D eigenvalue weighted by Gasteiger charge is -2.39. The van der Waals surface area contributed by atoms with Gasteiger partial charge in [0.2, 0.25) is 5.91 Å². The van der Waals surface area contributed by atoms with Gasteiger partial charge in [0, 0.05) is 45.8 Å². The molecule has 2 heterocycles. The van der Waals surface area contributed by atoms with Crippen LogP contribution >= 0.6 is 24.0 Å². The Hall–Kier alpha value is -0.780. The van der Waals surface area contributed by atoms with Crippen LogP contribution in [0.5, 0.6) is 0 Å². The van der Waals surface area contributed by atoms with Crippen LogP contribution in [0.1, 0.15) is 33.1 Å². The van der Waals surface area contributed by atoms with E-state index in [1.165, 1.54) is 0 Å². The molecule has 0 aromatic heterocycles. The largest absolute Gasteiger partial charge is 0.390 e. The molecule has 2 aliphatic rings. The molecule has 0 bridgehead atoms. The first kappa shape index (κ1) is 24.3. The number of alkyl halides is 3. The number of hydrogen-bond acceptors (Lipinski definition) is 3. The van der Waals surface area contributed by atoms with Crippen molar-refractivity contribution in [3.8, 4) is 0 Å². The number of aliphatic imine (C=N–C) groups is 1. The number of carbonyl (C=O) groups is 1. The van der Waals surface area contributed by atoms with Crippen LogP contribution in [-0.2, 0) is 4.79 Å². The number of halogens is 4. The normalized spacial score (nSPS) is 20.4. The van der Waals surface area contributed by atoms with Crippen molar-refractivity contribution < 1.29 is 18.0 Å². The van der Waals surface area contributed by atoms with Crippen LogP contribution in [-0.4, -0.2) is 91.1 Å². The Kier molecular flexibility index (Phi) is 10.1. The molecule has 0 aromatic rings. The molecule has 1 amide bonds. The van der Waals surface area contributed by atoms with Crippen LogP contribution in [0.15, 0.2) is 4.99 Å². The quantitative estimate of drug-likeness (QED) is 0.354. The van der Waals surface area contributed by atoms with Gasteiger partial charge in [-0.25, -0.2) is 0 Å². The fourth-order valence-corrected chi connectivity index (χ4v) is 3.39. The maximum atomic E-state index is 12.5. The zero-order valence-corrected chi connectivity index (χ0v) is 18.4. The molecule has 0 radical (unpaired) electrons. The highest BCUT2D eigenvalue weighted by Crippen LogP contribution is 2.19. The van der Waals surface area contributed by atoms with Gasteiger partial charge in [0.25, 0.3) is 0 Å². The summed E-state index contributed by atoms with van der Waals surface area (Å²) in [5.74, 6) is 0.705. The van der Waals surface area contributed by atoms with E-state index >= 15 is 0 Å². The molecule has 27 heavy (non-hydrogen) atoms. The van der Waals surface area contributed by atoms with Crippen molar-refractivity contribution in [3.05, 3.63) is 0 Å². The zero-order chi connectivity index (χ0) is 19.2. The predicted molar refractivity (Wildman–Crippen MR) is 110 cm³/mol. The van der Waals surface area contributed by atoms with Gasteiger partial charge in [0.1, 0.15) is 0 Å². The van der Waals surface area contributed by atoms with Gasteiger partial charge in [-0.2, -0.15) is 13.2 Å². The Morgan fingerprint density at radius 1 is 1.07 bits per heavy atom. The summed E-state index contributed by atoms with van der Waals surface area (Å²) in [5, 5.41) is 3.07. The molecule has 2 rings (SSSR count). The number of carbonyl (C=O) groups excluding carboxylic acids is 1. The van der Waals surface area contributed by atoms with Crippen LogP contribution in [0, 0.1) is 0 Å². The van der Waals surface area contributed by atoms with Crippen LogP contribution < -0.4 is 5.32 Å². The number of nitrogens with zero attached hydrogens (tertiary/aromatic N) is 4. The summed E-state index contributed by atoms with van der Waals surface area (Å²) in [5.41, 5.74) is 0. The third kappa shape index (κ3) is 7.63. The van der Waals surface area contributed by atoms with E-state index in [0.717, 1.165) is 25.9 Å². The maximum absolute atomic E-state index is 12.5. The van der Waals surface area contributed by atoms with Crippen LogP contribution in [0.2, 0.25) is 0 Å². The molecule has 0 aromatic carbocycles. The van der Waals surface area contributed by atoms with Gasteiger partial charge in [-0.05, 0) is 26.7 Å². The Balaban J connectivity index is 0.00000364. The van der Waals surface area contributed by atoms with Gasteiger partial charge < -0.3 is 15.1 Å². The van der Waals surface area contributed by atoms with Gasteiger partial charge in [-0.15, -0.1) is 24.0 Å². The Morgan fingerprint density at radius 3 is 2.19 bits per heavy atom. The third-order valence-corrected chi connectivity index (χ3v) is 4.93. The summed E-state index contributed by atoms with van der Waals surface area (Å²) >= 11 is 0. The number of piperazine rings is 1. The van der Waals surface area contributed by atoms with Gasteiger partial charge in [-0.3, -0.25) is 14.7 Å². The molecule has 2 aliphatic heterocycles. The average Bonchev–Trinajstić information content (AvgIpc) is 3.13. The Bertz CT molecular complexity index is 489. The molecular weight excluding hydrogens is 474 g/mol. The molecule has 158 valence electrons. The predicted octanol–water partition coefficient (Wildman–Crippen LogP) is 2.15. The van der Waals surface area contributed by atoms with Crippen molar-refractivity contribution in [2.45, 2.75) is 45.3 Å². The smallest absolute Gasteiger partial charge is 0.357 e. The van der Waals surface area contributed by atoms with E-state index in [1.54, 1.807) is 0 Å². The first-order chi connectivity index (χ1) is 12.3. The standard InChI is InChI=1S/C17H30F3N5O.HI/c1-3-21-16(22-7-6-17(18,19)20)25-12-10-23(11-13-25)14(2)15(26)24-8-4-5-9-24;/h14H,3-13H2,1-2H3,(H,21,22);1H. The monoisotopic (exact) mass is 505 g/mol. The minimum Gasteiger partial charge on any atom is -0.357 e. The van der Waals surface area contributed by atoms with E-state index in [0.29, 0.717) is 38.7 Å². The lowest BCUT2D eigenvalue weighted by atomic mass is 10.2. The SMILES string of the molecule is CCNC(=NCCC(F)(F)F)N1CCN(C(C)C(=O)N2CCCC2)CC1.I. The molecule has 1 atom stereocenters. The molecule has 6 nitrogen and oxygen atoms in total. The summed E-state index contributed by atoms with van der Waals surface area (Å²) in [6.07, 6.45) is -2.95. The number of rotatable bonds is 5. The number of guanidine groups is 1. The van der Waals surface area contributed by atoms with E-state index in [-0.39, 0.29) is 42.5 Å². The number of hydrogen-bond donors (Lipinski definition) is 1. The van der Waals surface area contributed by atoms with E-state index in [2.05, 4.69) is 15.2 Å². The summed E-state index contributed by atoms with van der Waals surface area (Å²) in [7, 11) is 0. The minimum atomic E-state index is -4.19. The summed E-state index contributed by atoms with van der Waals surface area (Å²) < 4.78 is 37.0. The van der Waals surface area contributed by atoms with Crippen LogP contribution in [0.25, 0.3) is 0 Å². The van der Waals surface area contributed by atoms with Crippen molar-refractivity contribution >= 4 is 35.8 Å². The molecule has 2 saturated heterocycles. The topological polar surface area (TPSA) is 51.2 Å². The first-order valence-electron chi connectivity index (χ1n) is 9.44. The molecule has 0 saturated carbocycles. The van der Waals surface area contributed by atoms with E-state index in [9.17, 15) is 18.0 Å². The van der Waals surface area contributed by atoms with Crippen LogP contribution in [0.3, 0.4) is 0 Å². The lowest BCUT2D eigenvalue weighted by Crippen LogP contribution is -2.57. The average molecular weight is 505 g/mol. The molecule has 1 N–H and O–H groups in total. The van der Waals surface area contributed by atoms with E-state index in [1.807, 2.05) is 23.6 Å². The fourth-order valence-electron chi connectivity index (χ4n) is 3.39. The number of nitrogens with one attached hydrogen (secondary N) is 1. The molecule has 10 heteroatoms. The molecule has 0 aliphatic carbocycles. The molecule has 0 spiro atoms. The van der Waals surface area contributed by atoms with Crippen molar-refractivity contribution in [2.75, 3.05) is 52.4 Å². The number of amides is 1. The van der Waals surface area contributed by atoms with Gasteiger partial charge in [0.05, 0.1) is 19.0 Å². The van der Waals surface area contributed by atoms with Crippen molar-refractivity contribution in [1.29, 1.82) is 0 Å². The van der Waals surface area contributed by atoms with Crippen LogP contribution in [0.4, 0.5) is 13.2 Å². The highest BCUT2D eigenvalue weighted by Gasteiger charge is 2.31. The summed E-state index contributed by atoms with van der Waals surface area (Å²) in [4.78, 5) is 22.7. The molecule has 2 fully saturated rings. The van der Waals surface area contributed by atoms with Gasteiger partial charge in [0.15, 0.2) is 5.96 Å². The second-order valence-electron chi connectivity index (χ2n) is 6.83. The minimum absolute atomic E-state index is 0. The Labute approximate surface area is 176 Å². The van der Waals surface area contributed by atoms with Crippen molar-refractivity contribution in [1.82, 2.24) is 20.0 Å². The summed E-state index contributed by atoms with van der Waals surface area (Å²) in [6.45, 7) is 8.56. The molecular formula is C17H31F3IN5O. The summed E-state index contributed by atoms with van der Waals surface area (Å²) in [6, 6.07) is -0.153. The number of likely N-dealkylation sites (tertiary alicyclic amines) is 1. The fraction of sp³-hybridized carbons (Fsp3) is 0.882. The molecule has 1 unspecified atom stereocenters. The highest BCUT2D eigenvalue weighted by atomic mass is 127. The highest BCUT2D eigenvalue weighted by molar-refractivity contribution is 14.0. The van der Waals surface area contributed by atoms with E-state index in [4.69, 9.17) is 0 Å². The second kappa shape index (κ2) is 11.3. The first-order valence-corrected chi connectivity index (χ1v) is 9.44. The van der Waals surface area contributed by atoms with E-state index < -0.39 is 12.6 Å². The Morgan fingerprint density at radius 2 is 1.67 bits per heavy atom. The third-order valence-electron chi connectivity index (χ3n) is 4.93. The second-order valence-corrected chi connectivity index (χ2v) is 6.83. The lowest BCUT2D eigenvalue weighted by molar-refractivity contribution is -0.135. The zero-order valence-electron chi connectivity index (χ0n) is 16.1. The van der Waals surface area contributed by atoms with Crippen molar-refractivity contribution in [3.63, 3.8) is 0 Å². The van der Waals surface area contributed by atoms with Gasteiger partial charge in [-0.1, -0.05) is 0 Å².